The van der Waals surface area contributed by atoms with Crippen LogP contribution in [-0.4, -0.2) is 0 Å². The molecule has 0 heterocycles. The van der Waals surface area contributed by atoms with E-state index in [1.165, 1.54) is 33.4 Å². The van der Waals surface area contributed by atoms with Gasteiger partial charge in [-0.2, -0.15) is 0 Å². The standard InChI is InChI=1S/C47H38N2.C2H6/c1-3-42(4-2)48(43-14-8-5-9-15-43)46-32-28-40(29-33-46)38-24-20-36(21-25-38)37-22-26-39(27-23-37)41-30-34-47(35-31-41)49(44-16-10-6-11-17-44)45-18-12-7-13-19-45;1-2/h3-35H,1H2,2H3;1-2H3/b42-4+;. The molecular weight excluding hydrogens is 617 g/mol. The Hall–Kier alpha value is -6.38. The predicted octanol–water partition coefficient (Wildman–Crippen LogP) is 14.4. The van der Waals surface area contributed by atoms with Crippen LogP contribution in [0, 0.1) is 0 Å². The summed E-state index contributed by atoms with van der Waals surface area (Å²) in [7, 11) is 0. The fraction of sp³-hybridized carbons (Fsp3) is 0.0612. The van der Waals surface area contributed by atoms with E-state index >= 15 is 0 Å². The molecule has 7 aromatic rings. The summed E-state index contributed by atoms with van der Waals surface area (Å²) in [5.74, 6) is 0. The Morgan fingerprint density at radius 1 is 0.373 bits per heavy atom. The number of nitrogens with zero attached hydrogens (tertiary/aromatic N) is 2. The molecule has 0 atom stereocenters. The van der Waals surface area contributed by atoms with Crippen LogP contribution in [0.1, 0.15) is 20.8 Å². The van der Waals surface area contributed by atoms with Crippen molar-refractivity contribution in [2.75, 3.05) is 9.80 Å². The number of benzene rings is 7. The summed E-state index contributed by atoms with van der Waals surface area (Å²) in [4.78, 5) is 4.51. The second-order valence-corrected chi connectivity index (χ2v) is 11.8. The Balaban J connectivity index is 0.00000220. The monoisotopic (exact) mass is 660 g/mol. The minimum absolute atomic E-state index is 1.05. The third-order valence-electron chi connectivity index (χ3n) is 8.83. The van der Waals surface area contributed by atoms with E-state index in [4.69, 9.17) is 0 Å². The zero-order chi connectivity index (χ0) is 35.4. The lowest BCUT2D eigenvalue weighted by molar-refractivity contribution is 1.20. The van der Waals surface area contributed by atoms with E-state index in [0.29, 0.717) is 0 Å². The average Bonchev–Trinajstić information content (AvgIpc) is 3.22. The summed E-state index contributed by atoms with van der Waals surface area (Å²) < 4.78 is 0. The molecule has 0 saturated heterocycles. The first-order chi connectivity index (χ1) is 25.2. The highest BCUT2D eigenvalue weighted by atomic mass is 15.1. The molecular formula is C49H44N2. The highest BCUT2D eigenvalue weighted by molar-refractivity contribution is 5.79. The highest BCUT2D eigenvalue weighted by Gasteiger charge is 2.14. The largest absolute Gasteiger partial charge is 0.311 e. The minimum Gasteiger partial charge on any atom is -0.311 e. The Labute approximate surface area is 303 Å². The predicted molar refractivity (Wildman–Crippen MR) is 221 cm³/mol. The van der Waals surface area contributed by atoms with Crippen molar-refractivity contribution < 1.29 is 0 Å². The molecule has 0 radical (unpaired) electrons. The lowest BCUT2D eigenvalue weighted by Gasteiger charge is -2.26. The molecule has 0 aliphatic rings. The van der Waals surface area contributed by atoms with Gasteiger partial charge >= 0.3 is 0 Å². The summed E-state index contributed by atoms with van der Waals surface area (Å²) in [6.45, 7) is 10.1. The fourth-order valence-corrected chi connectivity index (χ4v) is 6.28. The van der Waals surface area contributed by atoms with Crippen molar-refractivity contribution >= 4 is 28.4 Å². The van der Waals surface area contributed by atoms with E-state index in [0.717, 1.165) is 34.1 Å². The highest BCUT2D eigenvalue weighted by Crippen LogP contribution is 2.36. The first-order valence-electron chi connectivity index (χ1n) is 17.7. The quantitative estimate of drug-likeness (QED) is 0.135. The van der Waals surface area contributed by atoms with Gasteiger partial charge in [0.25, 0.3) is 0 Å². The molecule has 0 aromatic heterocycles. The van der Waals surface area contributed by atoms with Crippen LogP contribution < -0.4 is 9.80 Å². The summed E-state index contributed by atoms with van der Waals surface area (Å²) in [5, 5.41) is 0. The van der Waals surface area contributed by atoms with Gasteiger partial charge in [-0.05, 0) is 107 Å². The number of para-hydroxylation sites is 3. The summed E-state index contributed by atoms with van der Waals surface area (Å²) in [6.07, 6.45) is 3.98. The van der Waals surface area contributed by atoms with Gasteiger partial charge in [0, 0.05) is 34.1 Å². The Morgan fingerprint density at radius 3 is 0.941 bits per heavy atom. The van der Waals surface area contributed by atoms with Crippen molar-refractivity contribution in [3.05, 3.63) is 212 Å². The molecule has 0 saturated carbocycles. The van der Waals surface area contributed by atoms with Gasteiger partial charge in [0.05, 0.1) is 0 Å². The van der Waals surface area contributed by atoms with Crippen molar-refractivity contribution in [2.45, 2.75) is 20.8 Å². The number of rotatable bonds is 10. The topological polar surface area (TPSA) is 6.48 Å². The fourth-order valence-electron chi connectivity index (χ4n) is 6.28. The second kappa shape index (κ2) is 16.8. The zero-order valence-electron chi connectivity index (χ0n) is 29.7. The van der Waals surface area contributed by atoms with Crippen LogP contribution in [0.3, 0.4) is 0 Å². The lowest BCUT2D eigenvalue weighted by Crippen LogP contribution is -2.14. The molecule has 0 aliphatic carbocycles. The van der Waals surface area contributed by atoms with Gasteiger partial charge in [0.15, 0.2) is 0 Å². The van der Waals surface area contributed by atoms with Gasteiger partial charge in [-0.1, -0.05) is 154 Å². The number of hydrogen-bond acceptors (Lipinski definition) is 2. The molecule has 0 unspecified atom stereocenters. The number of allylic oxidation sites excluding steroid dienone is 2. The molecule has 0 amide bonds. The van der Waals surface area contributed by atoms with E-state index < -0.39 is 0 Å². The van der Waals surface area contributed by atoms with Gasteiger partial charge in [-0.3, -0.25) is 0 Å². The molecule has 7 aromatic carbocycles. The van der Waals surface area contributed by atoms with Crippen LogP contribution in [0.2, 0.25) is 0 Å². The molecule has 51 heavy (non-hydrogen) atoms. The van der Waals surface area contributed by atoms with Crippen LogP contribution in [-0.2, 0) is 0 Å². The molecule has 0 bridgehead atoms. The van der Waals surface area contributed by atoms with Gasteiger partial charge in [-0.15, -0.1) is 0 Å². The van der Waals surface area contributed by atoms with Crippen molar-refractivity contribution in [3.63, 3.8) is 0 Å². The third-order valence-corrected chi connectivity index (χ3v) is 8.83. The van der Waals surface area contributed by atoms with Crippen LogP contribution in [0.25, 0.3) is 33.4 Å². The summed E-state index contributed by atoms with van der Waals surface area (Å²) in [5.41, 5.74) is 13.8. The average molecular weight is 661 g/mol. The minimum atomic E-state index is 1.05. The van der Waals surface area contributed by atoms with Gasteiger partial charge in [0.2, 0.25) is 0 Å². The molecule has 0 aliphatic heterocycles. The van der Waals surface area contributed by atoms with Gasteiger partial charge < -0.3 is 9.80 Å². The summed E-state index contributed by atoms with van der Waals surface area (Å²) in [6, 6.07) is 66.6. The van der Waals surface area contributed by atoms with Crippen molar-refractivity contribution in [1.82, 2.24) is 0 Å². The zero-order valence-corrected chi connectivity index (χ0v) is 29.7. The molecule has 7 rings (SSSR count). The molecule has 2 heteroatoms. The van der Waals surface area contributed by atoms with E-state index in [2.05, 4.69) is 204 Å². The Kier molecular flexibility index (Phi) is 11.4. The number of anilines is 5. The van der Waals surface area contributed by atoms with E-state index in [-0.39, 0.29) is 0 Å². The molecule has 0 N–H and O–H groups in total. The van der Waals surface area contributed by atoms with Crippen molar-refractivity contribution in [2.24, 2.45) is 0 Å². The van der Waals surface area contributed by atoms with Crippen LogP contribution in [0.5, 0.6) is 0 Å². The van der Waals surface area contributed by atoms with Crippen molar-refractivity contribution in [3.8, 4) is 33.4 Å². The Bertz CT molecular complexity index is 2090. The van der Waals surface area contributed by atoms with Gasteiger partial charge in [-0.25, -0.2) is 0 Å². The van der Waals surface area contributed by atoms with Crippen LogP contribution >= 0.6 is 0 Å². The third kappa shape index (κ3) is 7.93. The smallest absolute Gasteiger partial charge is 0.0462 e. The van der Waals surface area contributed by atoms with E-state index in [9.17, 15) is 0 Å². The molecule has 0 fully saturated rings. The molecule has 250 valence electrons. The second-order valence-electron chi connectivity index (χ2n) is 11.8. The number of hydrogen-bond donors (Lipinski definition) is 0. The first-order valence-corrected chi connectivity index (χ1v) is 17.7. The maximum Gasteiger partial charge on any atom is 0.0462 e. The van der Waals surface area contributed by atoms with E-state index in [1.54, 1.807) is 0 Å². The maximum absolute atomic E-state index is 4.04. The lowest BCUT2D eigenvalue weighted by atomic mass is 9.98. The first kappa shape index (κ1) is 34.5. The van der Waals surface area contributed by atoms with Crippen LogP contribution in [0.4, 0.5) is 28.4 Å². The van der Waals surface area contributed by atoms with Crippen LogP contribution in [0.15, 0.2) is 212 Å². The SMILES string of the molecule is C=C/C(=C\C)N(c1ccccc1)c1ccc(-c2ccc(-c3ccc(-c4ccc(N(c5ccccc5)c5ccccc5)cc4)cc3)cc2)cc1.CC. The molecule has 0 spiro atoms. The maximum atomic E-state index is 4.04. The normalized spacial score (nSPS) is 10.8. The molecule has 2 nitrogen and oxygen atoms in total. The summed E-state index contributed by atoms with van der Waals surface area (Å²) >= 11 is 0. The Morgan fingerprint density at radius 2 is 0.627 bits per heavy atom. The van der Waals surface area contributed by atoms with E-state index in [1.807, 2.05) is 32.9 Å². The van der Waals surface area contributed by atoms with Crippen molar-refractivity contribution in [1.29, 1.82) is 0 Å². The van der Waals surface area contributed by atoms with Gasteiger partial charge in [0.1, 0.15) is 0 Å².